The fourth-order valence-electron chi connectivity index (χ4n) is 0.855. The first-order valence-corrected chi connectivity index (χ1v) is 4.37. The normalized spacial score (nSPS) is 8.54. The van der Waals surface area contributed by atoms with E-state index in [0.717, 1.165) is 10.3 Å². The van der Waals surface area contributed by atoms with Crippen LogP contribution in [0.3, 0.4) is 0 Å². The van der Waals surface area contributed by atoms with Gasteiger partial charge in [-0.2, -0.15) is 0 Å². The van der Waals surface area contributed by atoms with Crippen molar-refractivity contribution in [3.8, 4) is 0 Å². The van der Waals surface area contributed by atoms with Gasteiger partial charge in [-0.15, -0.1) is 0 Å². The number of aromatic nitrogens is 1. The molecule has 0 aliphatic rings. The average Bonchev–Trinajstić information content (AvgIpc) is 2.12. The molecule has 0 aromatic carbocycles. The molecule has 0 atom stereocenters. The van der Waals surface area contributed by atoms with Crippen molar-refractivity contribution in [2.45, 2.75) is 27.2 Å². The van der Waals surface area contributed by atoms with E-state index in [1.54, 1.807) is 19.1 Å². The number of Topliss-reactive ketones (excluding diaryl/α,β-unsaturated/α-hetero) is 1. The second kappa shape index (κ2) is 6.17. The van der Waals surface area contributed by atoms with E-state index in [9.17, 15) is 4.79 Å². The lowest BCUT2D eigenvalue weighted by molar-refractivity contribution is -0.904. The molecule has 1 aromatic heterocycles. The third-order valence-electron chi connectivity index (χ3n) is 1.34. The monoisotopic (exact) mass is 182 g/mol. The van der Waals surface area contributed by atoms with E-state index >= 15 is 0 Å². The van der Waals surface area contributed by atoms with Gasteiger partial charge in [0.2, 0.25) is 12.4 Å². The zero-order valence-electron chi connectivity index (χ0n) is 8.32. The Kier molecular flexibility index (Phi) is 5.52. The number of ketones is 1. The van der Waals surface area contributed by atoms with E-state index in [0.29, 0.717) is 6.42 Å². The third kappa shape index (κ3) is 4.95. The SMILES string of the molecule is CC.CC(=O)Cc1cc[n+](O)cc1. The summed E-state index contributed by atoms with van der Waals surface area (Å²) in [5.74, 6) is 0.126. The maximum absolute atomic E-state index is 10.6. The highest BCUT2D eigenvalue weighted by molar-refractivity contribution is 5.77. The number of hydrogen-bond acceptors (Lipinski definition) is 2. The van der Waals surface area contributed by atoms with Gasteiger partial charge in [0.05, 0.1) is 0 Å². The smallest absolute Gasteiger partial charge is 0.222 e. The predicted molar refractivity (Wildman–Crippen MR) is 49.6 cm³/mol. The van der Waals surface area contributed by atoms with Crippen LogP contribution in [0.15, 0.2) is 24.5 Å². The third-order valence-corrected chi connectivity index (χ3v) is 1.34. The summed E-state index contributed by atoms with van der Waals surface area (Å²) >= 11 is 0. The molecule has 0 saturated heterocycles. The van der Waals surface area contributed by atoms with Crippen LogP contribution in [0.1, 0.15) is 26.3 Å². The van der Waals surface area contributed by atoms with Gasteiger partial charge in [-0.3, -0.25) is 10.0 Å². The summed E-state index contributed by atoms with van der Waals surface area (Å²) in [4.78, 5) is 10.6. The van der Waals surface area contributed by atoms with Crippen LogP contribution >= 0.6 is 0 Å². The number of carbonyl (C=O) groups is 1. The molecule has 0 aliphatic carbocycles. The van der Waals surface area contributed by atoms with Crippen LogP contribution in [0.4, 0.5) is 0 Å². The van der Waals surface area contributed by atoms with Crippen LogP contribution < -0.4 is 4.73 Å². The van der Waals surface area contributed by atoms with Crippen molar-refractivity contribution in [2.75, 3.05) is 0 Å². The lowest BCUT2D eigenvalue weighted by atomic mass is 10.1. The molecule has 72 valence electrons. The summed E-state index contributed by atoms with van der Waals surface area (Å²) in [5.41, 5.74) is 0.919. The lowest BCUT2D eigenvalue weighted by Gasteiger charge is -1.92. The summed E-state index contributed by atoms with van der Waals surface area (Å²) in [6.07, 6.45) is 3.43. The molecule has 1 N–H and O–H groups in total. The van der Waals surface area contributed by atoms with Gasteiger partial charge in [0.1, 0.15) is 5.78 Å². The van der Waals surface area contributed by atoms with Crippen molar-refractivity contribution in [2.24, 2.45) is 0 Å². The predicted octanol–water partition coefficient (Wildman–Crippen LogP) is 1.37. The Hall–Kier alpha value is -1.38. The van der Waals surface area contributed by atoms with Crippen LogP contribution in [0.2, 0.25) is 0 Å². The highest BCUT2D eigenvalue weighted by Crippen LogP contribution is 1.96. The number of hydrogen-bond donors (Lipinski definition) is 1. The maximum atomic E-state index is 10.6. The fourth-order valence-corrected chi connectivity index (χ4v) is 0.855. The molecule has 3 nitrogen and oxygen atoms in total. The molecule has 13 heavy (non-hydrogen) atoms. The van der Waals surface area contributed by atoms with E-state index in [4.69, 9.17) is 5.21 Å². The highest BCUT2D eigenvalue weighted by Gasteiger charge is 1.99. The molecule has 1 aromatic rings. The minimum Gasteiger partial charge on any atom is -0.300 e. The summed E-state index contributed by atoms with van der Waals surface area (Å²) in [6, 6.07) is 3.42. The van der Waals surface area contributed by atoms with E-state index in [1.165, 1.54) is 12.4 Å². The molecule has 0 unspecified atom stereocenters. The molecule has 0 saturated carbocycles. The molecule has 0 amide bonds. The highest BCUT2D eigenvalue weighted by atomic mass is 16.5. The average molecular weight is 182 g/mol. The van der Waals surface area contributed by atoms with Crippen LogP contribution in [0.25, 0.3) is 0 Å². The van der Waals surface area contributed by atoms with Crippen molar-refractivity contribution in [1.82, 2.24) is 0 Å². The number of rotatable bonds is 2. The molecule has 0 spiro atoms. The van der Waals surface area contributed by atoms with E-state index in [1.807, 2.05) is 13.8 Å². The molecule has 0 radical (unpaired) electrons. The number of pyridine rings is 1. The van der Waals surface area contributed by atoms with Gasteiger partial charge in [-0.1, -0.05) is 13.8 Å². The van der Waals surface area contributed by atoms with Crippen LogP contribution in [-0.4, -0.2) is 11.0 Å². The lowest BCUT2D eigenvalue weighted by Crippen LogP contribution is -2.28. The van der Waals surface area contributed by atoms with Gasteiger partial charge < -0.3 is 0 Å². The van der Waals surface area contributed by atoms with Crippen LogP contribution in [0.5, 0.6) is 0 Å². The second-order valence-corrected chi connectivity index (χ2v) is 2.47. The molecular weight excluding hydrogens is 166 g/mol. The Balaban J connectivity index is 0.000000671. The van der Waals surface area contributed by atoms with Gasteiger partial charge in [-0.25, -0.2) is 0 Å². The summed E-state index contributed by atoms with van der Waals surface area (Å²) in [7, 11) is 0. The van der Waals surface area contributed by atoms with E-state index in [-0.39, 0.29) is 5.78 Å². The number of nitrogens with zero attached hydrogens (tertiary/aromatic N) is 1. The van der Waals surface area contributed by atoms with Gasteiger partial charge in [-0.05, 0) is 12.5 Å². The first-order chi connectivity index (χ1) is 6.18. The zero-order valence-corrected chi connectivity index (χ0v) is 8.32. The molecule has 1 rings (SSSR count). The second-order valence-electron chi connectivity index (χ2n) is 2.47. The van der Waals surface area contributed by atoms with Crippen molar-refractivity contribution < 1.29 is 14.7 Å². The molecular formula is C10H16NO2+. The fraction of sp³-hybridized carbons (Fsp3) is 0.400. The maximum Gasteiger partial charge on any atom is 0.222 e. The van der Waals surface area contributed by atoms with Crippen molar-refractivity contribution >= 4 is 5.78 Å². The standard InChI is InChI=1S/C8H10NO2.C2H6/c1-7(10)6-8-2-4-9(11)5-3-8;1-2/h2-5,11H,6H2,1H3;1-2H3/q+1;. The van der Waals surface area contributed by atoms with E-state index in [2.05, 4.69) is 0 Å². The van der Waals surface area contributed by atoms with Gasteiger partial charge >= 0.3 is 0 Å². The van der Waals surface area contributed by atoms with Gasteiger partial charge in [0.25, 0.3) is 0 Å². The van der Waals surface area contributed by atoms with Gasteiger partial charge in [0.15, 0.2) is 0 Å². The van der Waals surface area contributed by atoms with Crippen molar-refractivity contribution in [1.29, 1.82) is 0 Å². The number of carbonyl (C=O) groups excluding carboxylic acids is 1. The van der Waals surface area contributed by atoms with E-state index < -0.39 is 0 Å². The summed E-state index contributed by atoms with van der Waals surface area (Å²) in [6.45, 7) is 5.54. The minimum absolute atomic E-state index is 0.126. The summed E-state index contributed by atoms with van der Waals surface area (Å²) < 4.78 is 0.948. The molecule has 0 fully saturated rings. The topological polar surface area (TPSA) is 41.2 Å². The Morgan fingerprint density at radius 3 is 2.23 bits per heavy atom. The largest absolute Gasteiger partial charge is 0.300 e. The first kappa shape index (κ1) is 11.6. The van der Waals surface area contributed by atoms with Gasteiger partial charge in [0, 0.05) is 23.3 Å². The zero-order chi connectivity index (χ0) is 10.3. The molecule has 1 heterocycles. The quantitative estimate of drug-likeness (QED) is 0.554. The molecule has 0 aliphatic heterocycles. The van der Waals surface area contributed by atoms with Crippen LogP contribution in [0, 0.1) is 0 Å². The minimum atomic E-state index is 0.126. The van der Waals surface area contributed by atoms with Crippen molar-refractivity contribution in [3.63, 3.8) is 0 Å². The summed E-state index contributed by atoms with van der Waals surface area (Å²) in [5, 5.41) is 8.82. The molecule has 0 bridgehead atoms. The first-order valence-electron chi connectivity index (χ1n) is 4.37. The van der Waals surface area contributed by atoms with Crippen molar-refractivity contribution in [3.05, 3.63) is 30.1 Å². The Morgan fingerprint density at radius 1 is 1.38 bits per heavy atom. The Labute approximate surface area is 78.6 Å². The van der Waals surface area contributed by atoms with Crippen LogP contribution in [-0.2, 0) is 11.2 Å². The molecule has 3 heteroatoms. The Morgan fingerprint density at radius 2 is 1.85 bits per heavy atom. The Bertz CT molecular complexity index is 254.